The standard InChI is InChI=1S/C7H12Cl2O2/c1-3-11-7(10)5(2)6(9)4-8/h5-6H,3-4H2,1-2H3. The van der Waals surface area contributed by atoms with Crippen LogP contribution in [-0.2, 0) is 9.53 Å². The lowest BCUT2D eigenvalue weighted by Crippen LogP contribution is -2.24. The SMILES string of the molecule is CCOC(=O)C(C)C(Cl)CCl. The van der Waals surface area contributed by atoms with E-state index in [0.29, 0.717) is 6.61 Å². The van der Waals surface area contributed by atoms with Crippen molar-refractivity contribution >= 4 is 29.2 Å². The zero-order valence-electron chi connectivity index (χ0n) is 6.64. The maximum absolute atomic E-state index is 11.0. The maximum atomic E-state index is 11.0. The van der Waals surface area contributed by atoms with Crippen LogP contribution in [0.5, 0.6) is 0 Å². The number of ether oxygens (including phenoxy) is 1. The molecule has 66 valence electrons. The number of halogens is 2. The van der Waals surface area contributed by atoms with Crippen molar-refractivity contribution in [3.05, 3.63) is 0 Å². The molecule has 0 saturated carbocycles. The minimum Gasteiger partial charge on any atom is -0.466 e. The van der Waals surface area contributed by atoms with Crippen LogP contribution in [0.1, 0.15) is 13.8 Å². The van der Waals surface area contributed by atoms with Gasteiger partial charge < -0.3 is 4.74 Å². The first-order valence-electron chi connectivity index (χ1n) is 3.50. The van der Waals surface area contributed by atoms with Gasteiger partial charge in [0.25, 0.3) is 0 Å². The van der Waals surface area contributed by atoms with E-state index in [1.54, 1.807) is 13.8 Å². The van der Waals surface area contributed by atoms with Crippen LogP contribution in [0.15, 0.2) is 0 Å². The Morgan fingerprint density at radius 1 is 1.64 bits per heavy atom. The smallest absolute Gasteiger partial charge is 0.310 e. The van der Waals surface area contributed by atoms with Crippen LogP contribution in [0, 0.1) is 5.92 Å². The molecule has 0 aliphatic carbocycles. The molecule has 0 spiro atoms. The van der Waals surface area contributed by atoms with E-state index in [1.807, 2.05) is 0 Å². The molecule has 0 heterocycles. The molecule has 0 rings (SSSR count). The lowest BCUT2D eigenvalue weighted by Gasteiger charge is -2.13. The number of alkyl halides is 2. The lowest BCUT2D eigenvalue weighted by molar-refractivity contribution is -0.147. The predicted octanol–water partition coefficient (Wildman–Crippen LogP) is 2.03. The highest BCUT2D eigenvalue weighted by Crippen LogP contribution is 2.13. The fraction of sp³-hybridized carbons (Fsp3) is 0.857. The van der Waals surface area contributed by atoms with Crippen molar-refractivity contribution in [1.82, 2.24) is 0 Å². The van der Waals surface area contributed by atoms with Gasteiger partial charge in [0, 0.05) is 5.88 Å². The van der Waals surface area contributed by atoms with E-state index in [0.717, 1.165) is 0 Å². The summed E-state index contributed by atoms with van der Waals surface area (Å²) >= 11 is 11.2. The Morgan fingerprint density at radius 3 is 2.55 bits per heavy atom. The Kier molecular flexibility index (Phi) is 5.69. The Bertz CT molecular complexity index is 128. The zero-order valence-corrected chi connectivity index (χ0v) is 8.15. The van der Waals surface area contributed by atoms with Gasteiger partial charge in [0.1, 0.15) is 0 Å². The average molecular weight is 199 g/mol. The monoisotopic (exact) mass is 198 g/mol. The summed E-state index contributed by atoms with van der Waals surface area (Å²) in [5.41, 5.74) is 0. The van der Waals surface area contributed by atoms with Crippen molar-refractivity contribution in [2.24, 2.45) is 5.92 Å². The summed E-state index contributed by atoms with van der Waals surface area (Å²) in [5, 5.41) is -0.337. The molecule has 0 bridgehead atoms. The molecule has 0 aliphatic rings. The number of hydrogen-bond acceptors (Lipinski definition) is 2. The van der Waals surface area contributed by atoms with Crippen LogP contribution in [0.2, 0.25) is 0 Å². The largest absolute Gasteiger partial charge is 0.466 e. The van der Waals surface area contributed by atoms with Crippen molar-refractivity contribution in [2.45, 2.75) is 19.2 Å². The van der Waals surface area contributed by atoms with E-state index in [2.05, 4.69) is 0 Å². The quantitative estimate of drug-likeness (QED) is 0.511. The molecule has 0 N–H and O–H groups in total. The molecule has 0 aromatic rings. The maximum Gasteiger partial charge on any atom is 0.310 e. The number of rotatable bonds is 4. The first-order valence-corrected chi connectivity index (χ1v) is 4.47. The van der Waals surface area contributed by atoms with Crippen LogP contribution in [-0.4, -0.2) is 23.8 Å². The van der Waals surface area contributed by atoms with Crippen molar-refractivity contribution in [2.75, 3.05) is 12.5 Å². The second-order valence-electron chi connectivity index (χ2n) is 2.21. The van der Waals surface area contributed by atoms with Gasteiger partial charge >= 0.3 is 5.97 Å². The number of carbonyl (C=O) groups is 1. The molecule has 0 saturated heterocycles. The summed E-state index contributed by atoms with van der Waals surface area (Å²) in [7, 11) is 0. The molecule has 2 nitrogen and oxygen atoms in total. The highest BCUT2D eigenvalue weighted by Gasteiger charge is 2.21. The fourth-order valence-electron chi connectivity index (χ4n) is 0.555. The first kappa shape index (κ1) is 11.1. The molecule has 2 atom stereocenters. The first-order chi connectivity index (χ1) is 5.13. The molecular weight excluding hydrogens is 187 g/mol. The van der Waals surface area contributed by atoms with Crippen molar-refractivity contribution in [3.63, 3.8) is 0 Å². The second kappa shape index (κ2) is 5.67. The summed E-state index contributed by atoms with van der Waals surface area (Å²) < 4.78 is 4.74. The van der Waals surface area contributed by atoms with Crippen molar-refractivity contribution < 1.29 is 9.53 Å². The van der Waals surface area contributed by atoms with Gasteiger partial charge in [-0.3, -0.25) is 4.79 Å². The predicted molar refractivity (Wildman–Crippen MR) is 46.2 cm³/mol. The summed E-state index contributed by atoms with van der Waals surface area (Å²) in [6.07, 6.45) is 0. The van der Waals surface area contributed by atoms with Gasteiger partial charge in [0.05, 0.1) is 17.9 Å². The Hall–Kier alpha value is 0.0500. The van der Waals surface area contributed by atoms with E-state index >= 15 is 0 Å². The van der Waals surface area contributed by atoms with Gasteiger partial charge in [-0.2, -0.15) is 0 Å². The molecule has 0 radical (unpaired) electrons. The topological polar surface area (TPSA) is 26.3 Å². The van der Waals surface area contributed by atoms with Gasteiger partial charge in [-0.15, -0.1) is 23.2 Å². The summed E-state index contributed by atoms with van der Waals surface area (Å²) in [6, 6.07) is 0. The van der Waals surface area contributed by atoms with E-state index in [9.17, 15) is 4.79 Å². The number of esters is 1. The number of carbonyl (C=O) groups excluding carboxylic acids is 1. The van der Waals surface area contributed by atoms with Gasteiger partial charge in [-0.1, -0.05) is 6.92 Å². The Labute approximate surface area is 76.8 Å². The average Bonchev–Trinajstić information content (AvgIpc) is 2.02. The molecule has 2 unspecified atom stereocenters. The van der Waals surface area contributed by atoms with E-state index in [1.165, 1.54) is 0 Å². The summed E-state index contributed by atoms with van der Waals surface area (Å²) in [4.78, 5) is 11.0. The van der Waals surface area contributed by atoms with Crippen LogP contribution in [0.25, 0.3) is 0 Å². The Morgan fingerprint density at radius 2 is 2.18 bits per heavy atom. The third kappa shape index (κ3) is 3.82. The van der Waals surface area contributed by atoms with E-state index < -0.39 is 0 Å². The highest BCUT2D eigenvalue weighted by atomic mass is 35.5. The highest BCUT2D eigenvalue weighted by molar-refractivity contribution is 6.28. The Balaban J connectivity index is 3.80. The molecule has 0 fully saturated rings. The molecular formula is C7H12Cl2O2. The lowest BCUT2D eigenvalue weighted by atomic mass is 10.1. The van der Waals surface area contributed by atoms with Crippen LogP contribution in [0.4, 0.5) is 0 Å². The third-order valence-corrected chi connectivity index (χ3v) is 2.37. The minimum absolute atomic E-state index is 0.265. The molecule has 0 amide bonds. The van der Waals surface area contributed by atoms with Gasteiger partial charge in [-0.25, -0.2) is 0 Å². The van der Waals surface area contributed by atoms with E-state index in [-0.39, 0.29) is 23.1 Å². The molecule has 0 aromatic heterocycles. The van der Waals surface area contributed by atoms with Gasteiger partial charge in [0.15, 0.2) is 0 Å². The second-order valence-corrected chi connectivity index (χ2v) is 3.08. The van der Waals surface area contributed by atoms with Crippen LogP contribution < -0.4 is 0 Å². The molecule has 11 heavy (non-hydrogen) atoms. The minimum atomic E-state index is -0.337. The molecule has 4 heteroatoms. The van der Waals surface area contributed by atoms with Crippen molar-refractivity contribution in [3.8, 4) is 0 Å². The van der Waals surface area contributed by atoms with E-state index in [4.69, 9.17) is 27.9 Å². The normalized spacial score (nSPS) is 15.6. The zero-order chi connectivity index (χ0) is 8.85. The van der Waals surface area contributed by atoms with Gasteiger partial charge in [-0.05, 0) is 6.92 Å². The molecule has 0 aliphatic heterocycles. The molecule has 0 aromatic carbocycles. The van der Waals surface area contributed by atoms with Gasteiger partial charge in [0.2, 0.25) is 0 Å². The van der Waals surface area contributed by atoms with Crippen LogP contribution >= 0.6 is 23.2 Å². The summed E-state index contributed by atoms with van der Waals surface area (Å²) in [6.45, 7) is 3.85. The third-order valence-electron chi connectivity index (χ3n) is 1.35. The van der Waals surface area contributed by atoms with Crippen molar-refractivity contribution in [1.29, 1.82) is 0 Å². The fourth-order valence-corrected chi connectivity index (χ4v) is 0.925. The number of hydrogen-bond donors (Lipinski definition) is 0. The van der Waals surface area contributed by atoms with Crippen LogP contribution in [0.3, 0.4) is 0 Å². The summed E-state index contributed by atoms with van der Waals surface area (Å²) in [5.74, 6) is -0.344.